The van der Waals surface area contributed by atoms with Crippen LogP contribution in [0.5, 0.6) is 0 Å². The van der Waals surface area contributed by atoms with Crippen LogP contribution in [0.2, 0.25) is 0 Å². The topological polar surface area (TPSA) is 74.2 Å². The minimum Gasteiger partial charge on any atom is -0.370 e. The molecule has 3 N–H and O–H groups in total. The summed E-state index contributed by atoms with van der Waals surface area (Å²) >= 11 is 0. The second-order valence-electron chi connectivity index (χ2n) is 3.44. The number of benzene rings is 1. The molecular weight excluding hydrogens is 327 g/mol. The van der Waals surface area contributed by atoms with Crippen molar-refractivity contribution in [3.8, 4) is 6.07 Å². The highest BCUT2D eigenvalue weighted by atomic mass is 127. The molecule has 17 heavy (non-hydrogen) atoms. The molecule has 0 aromatic heterocycles. The number of nitrogens with two attached hydrogens (primary N) is 1. The smallest absolute Gasteiger partial charge is 0.188 e. The Morgan fingerprint density at radius 1 is 1.41 bits per heavy atom. The van der Waals surface area contributed by atoms with Crippen LogP contribution >= 0.6 is 24.0 Å². The zero-order valence-corrected chi connectivity index (χ0v) is 12.1. The molecule has 0 saturated carbocycles. The molecule has 0 heterocycles. The third kappa shape index (κ3) is 6.12. The SMILES string of the molecule is CCCNC(N)=NCc1ccc(C#N)cc1.I. The number of nitrogens with one attached hydrogen (secondary N) is 1. The van der Waals surface area contributed by atoms with Gasteiger partial charge in [-0.15, -0.1) is 24.0 Å². The molecular formula is C12H17IN4. The van der Waals surface area contributed by atoms with Gasteiger partial charge in [0.25, 0.3) is 0 Å². The fraction of sp³-hybridized carbons (Fsp3) is 0.333. The number of rotatable bonds is 4. The first-order chi connectivity index (χ1) is 7.76. The minimum absolute atomic E-state index is 0. The molecule has 4 nitrogen and oxygen atoms in total. The Morgan fingerprint density at radius 2 is 2.06 bits per heavy atom. The predicted octanol–water partition coefficient (Wildman–Crippen LogP) is 1.99. The second-order valence-corrected chi connectivity index (χ2v) is 3.44. The van der Waals surface area contributed by atoms with E-state index < -0.39 is 0 Å². The van der Waals surface area contributed by atoms with Gasteiger partial charge in [-0.25, -0.2) is 4.99 Å². The van der Waals surface area contributed by atoms with Gasteiger partial charge in [-0.05, 0) is 24.1 Å². The van der Waals surface area contributed by atoms with E-state index >= 15 is 0 Å². The lowest BCUT2D eigenvalue weighted by Crippen LogP contribution is -2.32. The Morgan fingerprint density at radius 3 is 2.59 bits per heavy atom. The predicted molar refractivity (Wildman–Crippen MR) is 80.2 cm³/mol. The average Bonchev–Trinajstić information content (AvgIpc) is 2.34. The van der Waals surface area contributed by atoms with Crippen molar-refractivity contribution in [2.45, 2.75) is 19.9 Å². The molecule has 1 aromatic rings. The first kappa shape index (κ1) is 15.7. The summed E-state index contributed by atoms with van der Waals surface area (Å²) in [5.74, 6) is 0.464. The van der Waals surface area contributed by atoms with Crippen LogP contribution in [0, 0.1) is 11.3 Å². The Kier molecular flexibility index (Phi) is 8.15. The highest BCUT2D eigenvalue weighted by molar-refractivity contribution is 14.0. The van der Waals surface area contributed by atoms with Gasteiger partial charge < -0.3 is 11.1 Å². The summed E-state index contributed by atoms with van der Waals surface area (Å²) in [7, 11) is 0. The fourth-order valence-electron chi connectivity index (χ4n) is 1.17. The molecule has 0 radical (unpaired) electrons. The quantitative estimate of drug-likeness (QED) is 0.498. The molecule has 0 atom stereocenters. The van der Waals surface area contributed by atoms with Crippen LogP contribution in [-0.2, 0) is 6.54 Å². The first-order valence-corrected chi connectivity index (χ1v) is 5.29. The van der Waals surface area contributed by atoms with E-state index in [-0.39, 0.29) is 24.0 Å². The monoisotopic (exact) mass is 344 g/mol. The molecule has 0 unspecified atom stereocenters. The maximum Gasteiger partial charge on any atom is 0.188 e. The molecule has 5 heteroatoms. The van der Waals surface area contributed by atoms with Crippen molar-refractivity contribution in [3.05, 3.63) is 35.4 Å². The molecule has 0 aliphatic carbocycles. The molecule has 0 fully saturated rings. The summed E-state index contributed by atoms with van der Waals surface area (Å²) in [6.45, 7) is 3.44. The summed E-state index contributed by atoms with van der Waals surface area (Å²) in [4.78, 5) is 4.19. The normalized spacial score (nSPS) is 10.2. The summed E-state index contributed by atoms with van der Waals surface area (Å²) in [6, 6.07) is 9.40. The lowest BCUT2D eigenvalue weighted by molar-refractivity contribution is 0.825. The zero-order chi connectivity index (χ0) is 11.8. The molecule has 0 aliphatic heterocycles. The molecule has 0 spiro atoms. The van der Waals surface area contributed by atoms with E-state index in [0.29, 0.717) is 18.1 Å². The number of hydrogen-bond donors (Lipinski definition) is 2. The summed E-state index contributed by atoms with van der Waals surface area (Å²) < 4.78 is 0. The van der Waals surface area contributed by atoms with Crippen molar-refractivity contribution in [1.82, 2.24) is 5.32 Å². The Labute approximate surface area is 119 Å². The van der Waals surface area contributed by atoms with Crippen LogP contribution in [0.4, 0.5) is 0 Å². The molecule has 0 aliphatic rings. The van der Waals surface area contributed by atoms with Crippen molar-refractivity contribution in [2.75, 3.05) is 6.54 Å². The van der Waals surface area contributed by atoms with Crippen molar-refractivity contribution >= 4 is 29.9 Å². The van der Waals surface area contributed by atoms with Gasteiger partial charge in [0.15, 0.2) is 5.96 Å². The molecule has 92 valence electrons. The van der Waals surface area contributed by atoms with E-state index in [9.17, 15) is 0 Å². The maximum absolute atomic E-state index is 8.64. The van der Waals surface area contributed by atoms with Crippen molar-refractivity contribution in [2.24, 2.45) is 10.7 Å². The highest BCUT2D eigenvalue weighted by Crippen LogP contribution is 2.04. The number of aliphatic imine (C=N–C) groups is 1. The Hall–Kier alpha value is -1.29. The van der Waals surface area contributed by atoms with Crippen LogP contribution in [-0.4, -0.2) is 12.5 Å². The van der Waals surface area contributed by atoms with Gasteiger partial charge in [0.05, 0.1) is 18.2 Å². The summed E-state index contributed by atoms with van der Waals surface area (Å²) in [5.41, 5.74) is 7.35. The number of hydrogen-bond acceptors (Lipinski definition) is 2. The zero-order valence-electron chi connectivity index (χ0n) is 9.81. The molecule has 0 amide bonds. The molecule has 0 bridgehead atoms. The van der Waals surface area contributed by atoms with Gasteiger partial charge in [0, 0.05) is 6.54 Å². The van der Waals surface area contributed by atoms with E-state index in [1.807, 2.05) is 12.1 Å². The molecule has 1 aromatic carbocycles. The third-order valence-corrected chi connectivity index (χ3v) is 2.07. The lowest BCUT2D eigenvalue weighted by atomic mass is 10.1. The third-order valence-electron chi connectivity index (χ3n) is 2.07. The number of guanidine groups is 1. The van der Waals surface area contributed by atoms with Crippen LogP contribution < -0.4 is 11.1 Å². The molecule has 1 rings (SSSR count). The van der Waals surface area contributed by atoms with Crippen LogP contribution in [0.3, 0.4) is 0 Å². The van der Waals surface area contributed by atoms with Crippen molar-refractivity contribution in [3.63, 3.8) is 0 Å². The Bertz CT molecular complexity index is 392. The van der Waals surface area contributed by atoms with E-state index in [0.717, 1.165) is 18.5 Å². The fourth-order valence-corrected chi connectivity index (χ4v) is 1.17. The maximum atomic E-state index is 8.64. The minimum atomic E-state index is 0. The molecule has 0 saturated heterocycles. The highest BCUT2D eigenvalue weighted by Gasteiger charge is 1.93. The lowest BCUT2D eigenvalue weighted by Gasteiger charge is -2.03. The summed E-state index contributed by atoms with van der Waals surface area (Å²) in [6.07, 6.45) is 1.02. The van der Waals surface area contributed by atoms with Gasteiger partial charge in [-0.1, -0.05) is 19.1 Å². The van der Waals surface area contributed by atoms with Gasteiger partial charge in [0.2, 0.25) is 0 Å². The van der Waals surface area contributed by atoms with Crippen LogP contribution in [0.15, 0.2) is 29.3 Å². The largest absolute Gasteiger partial charge is 0.370 e. The standard InChI is InChI=1S/C12H16N4.HI/c1-2-7-15-12(14)16-9-11-5-3-10(8-13)4-6-11;/h3-6H,2,7,9H2,1H3,(H3,14,15,16);1H. The van der Waals surface area contributed by atoms with Gasteiger partial charge in [-0.3, -0.25) is 0 Å². The second kappa shape index (κ2) is 8.82. The van der Waals surface area contributed by atoms with E-state index in [1.165, 1.54) is 0 Å². The van der Waals surface area contributed by atoms with E-state index in [1.54, 1.807) is 12.1 Å². The van der Waals surface area contributed by atoms with Crippen molar-refractivity contribution in [1.29, 1.82) is 5.26 Å². The number of nitriles is 1. The van der Waals surface area contributed by atoms with E-state index in [4.69, 9.17) is 11.0 Å². The Balaban J connectivity index is 0.00000256. The van der Waals surface area contributed by atoms with Gasteiger partial charge in [0.1, 0.15) is 0 Å². The van der Waals surface area contributed by atoms with Crippen molar-refractivity contribution < 1.29 is 0 Å². The number of halogens is 1. The average molecular weight is 344 g/mol. The van der Waals surface area contributed by atoms with Gasteiger partial charge in [-0.2, -0.15) is 5.26 Å². The van der Waals surface area contributed by atoms with E-state index in [2.05, 4.69) is 23.3 Å². The number of nitrogens with zero attached hydrogens (tertiary/aromatic N) is 2. The van der Waals surface area contributed by atoms with Crippen LogP contribution in [0.25, 0.3) is 0 Å². The van der Waals surface area contributed by atoms with Gasteiger partial charge >= 0.3 is 0 Å². The van der Waals surface area contributed by atoms with Crippen LogP contribution in [0.1, 0.15) is 24.5 Å². The first-order valence-electron chi connectivity index (χ1n) is 5.29. The summed E-state index contributed by atoms with van der Waals surface area (Å²) in [5, 5.41) is 11.6.